The minimum Gasteiger partial charge on any atom is -0.462 e. The van der Waals surface area contributed by atoms with Gasteiger partial charge in [0.2, 0.25) is 5.78 Å². The average Bonchev–Trinajstić information content (AvgIpc) is 2.13. The average molecular weight is 214 g/mol. The van der Waals surface area contributed by atoms with Crippen LogP contribution in [0.3, 0.4) is 0 Å². The summed E-state index contributed by atoms with van der Waals surface area (Å²) in [6.45, 7) is 3.45. The predicted octanol–water partition coefficient (Wildman–Crippen LogP) is -0.0754. The van der Waals surface area contributed by atoms with Crippen LogP contribution in [0.25, 0.3) is 0 Å². The summed E-state index contributed by atoms with van der Waals surface area (Å²) in [5.74, 6) is -0.835. The van der Waals surface area contributed by atoms with Gasteiger partial charge in [-0.05, 0) is 20.3 Å². The Bertz CT molecular complexity index is 282. The lowest BCUT2D eigenvalue weighted by molar-refractivity contribution is -0.149. The lowest BCUT2D eigenvalue weighted by Crippen LogP contribution is -2.34. The van der Waals surface area contributed by atoms with Crippen molar-refractivity contribution in [2.45, 2.75) is 38.8 Å². The van der Waals surface area contributed by atoms with Crippen LogP contribution >= 0.6 is 0 Å². The topological polar surface area (TPSA) is 107 Å². The molecule has 3 N–H and O–H groups in total. The molecule has 0 saturated carbocycles. The number of nitrogens with zero attached hydrogens (tertiary/aromatic N) is 1. The largest absolute Gasteiger partial charge is 0.462 e. The highest BCUT2D eigenvalue weighted by Crippen LogP contribution is 1.99. The van der Waals surface area contributed by atoms with Crippen molar-refractivity contribution in [2.24, 2.45) is 5.73 Å². The molecule has 0 radical (unpaired) electrons. The second kappa shape index (κ2) is 6.86. The maximum atomic E-state index is 11.2. The van der Waals surface area contributed by atoms with Gasteiger partial charge in [-0.15, -0.1) is 0 Å². The van der Waals surface area contributed by atoms with E-state index in [0.717, 1.165) is 6.21 Å². The van der Waals surface area contributed by atoms with E-state index < -0.39 is 12.0 Å². The normalized spacial score (nSPS) is 11.7. The fraction of sp³-hybridized carbons (Fsp3) is 0.667. The Hall–Kier alpha value is -1.52. The molecule has 0 fully saturated rings. The summed E-state index contributed by atoms with van der Waals surface area (Å²) in [5, 5.41) is 0. The minimum absolute atomic E-state index is 0.0940. The Kier molecular flexibility index (Phi) is 6.17. The van der Waals surface area contributed by atoms with Crippen LogP contribution in [-0.2, 0) is 14.3 Å². The number of Topliss-reactive ketones (excluding diaryl/α,β-unsaturated/α-hetero) is 1. The Morgan fingerprint density at radius 1 is 1.53 bits per heavy atom. The molecule has 0 heterocycles. The lowest BCUT2D eigenvalue weighted by atomic mass is 10.1. The van der Waals surface area contributed by atoms with E-state index in [1.54, 1.807) is 13.8 Å². The van der Waals surface area contributed by atoms with E-state index in [1.807, 2.05) is 0 Å². The number of nitrogens with one attached hydrogen (secondary N) is 1. The number of ether oxygens (including phenoxy) is 1. The summed E-state index contributed by atoms with van der Waals surface area (Å²) >= 11 is 0. The molecule has 0 aliphatic heterocycles. The first-order valence-electron chi connectivity index (χ1n) is 4.66. The minimum atomic E-state index is -0.796. The summed E-state index contributed by atoms with van der Waals surface area (Å²) in [4.78, 5) is 24.9. The summed E-state index contributed by atoms with van der Waals surface area (Å²) in [6, 6.07) is -0.796. The zero-order valence-electron chi connectivity index (χ0n) is 8.90. The summed E-state index contributed by atoms with van der Waals surface area (Å²) in [7, 11) is 0. The van der Waals surface area contributed by atoms with Crippen LogP contribution < -0.4 is 5.73 Å². The summed E-state index contributed by atoms with van der Waals surface area (Å²) in [5.41, 5.74) is 11.9. The van der Waals surface area contributed by atoms with Crippen LogP contribution in [0.5, 0.6) is 0 Å². The highest BCUT2D eigenvalue weighted by molar-refractivity contribution is 6.25. The number of esters is 1. The molecule has 0 aliphatic rings. The Morgan fingerprint density at radius 2 is 2.13 bits per heavy atom. The zero-order valence-corrected chi connectivity index (χ0v) is 8.90. The smallest absolute Gasteiger partial charge is 0.372 e. The van der Waals surface area contributed by atoms with Gasteiger partial charge in [-0.3, -0.25) is 9.59 Å². The van der Waals surface area contributed by atoms with Crippen LogP contribution in [0.2, 0.25) is 0 Å². The van der Waals surface area contributed by atoms with Crippen molar-refractivity contribution in [1.82, 2.24) is 0 Å². The van der Waals surface area contributed by atoms with Gasteiger partial charge in [-0.1, -0.05) is 0 Å². The van der Waals surface area contributed by atoms with Gasteiger partial charge in [-0.2, -0.15) is 0 Å². The molecular weight excluding hydrogens is 198 g/mol. The van der Waals surface area contributed by atoms with Crippen molar-refractivity contribution in [2.75, 3.05) is 0 Å². The third-order valence-electron chi connectivity index (χ3n) is 1.56. The van der Waals surface area contributed by atoms with Gasteiger partial charge < -0.3 is 10.5 Å². The SMILES string of the molecule is CC(C)OC(=O)C(N)CCC(=O)C=[N+]=N. The fourth-order valence-electron chi connectivity index (χ4n) is 0.872. The Morgan fingerprint density at radius 3 is 2.60 bits per heavy atom. The Labute approximate surface area is 88.0 Å². The number of hydrogen-bond acceptors (Lipinski definition) is 5. The molecule has 1 unspecified atom stereocenters. The number of nitrogens with two attached hydrogens (primary N) is 1. The quantitative estimate of drug-likeness (QED) is 0.279. The third-order valence-corrected chi connectivity index (χ3v) is 1.56. The molecule has 6 nitrogen and oxygen atoms in total. The van der Waals surface area contributed by atoms with E-state index in [4.69, 9.17) is 16.0 Å². The first-order valence-corrected chi connectivity index (χ1v) is 4.66. The van der Waals surface area contributed by atoms with Crippen LogP contribution in [0.1, 0.15) is 26.7 Å². The lowest BCUT2D eigenvalue weighted by Gasteiger charge is -2.12. The van der Waals surface area contributed by atoms with Gasteiger partial charge >= 0.3 is 12.2 Å². The molecule has 0 bridgehead atoms. The predicted molar refractivity (Wildman–Crippen MR) is 52.5 cm³/mol. The second-order valence-corrected chi connectivity index (χ2v) is 3.36. The molecule has 15 heavy (non-hydrogen) atoms. The van der Waals surface area contributed by atoms with E-state index in [1.165, 1.54) is 0 Å². The molecule has 0 spiro atoms. The molecule has 84 valence electrons. The number of hydrogen-bond donors (Lipinski definition) is 2. The third kappa shape index (κ3) is 6.54. The van der Waals surface area contributed by atoms with Crippen LogP contribution in [-0.4, -0.2) is 34.9 Å². The number of rotatable bonds is 6. The van der Waals surface area contributed by atoms with Gasteiger partial charge in [0.25, 0.3) is 0 Å². The van der Waals surface area contributed by atoms with E-state index in [-0.39, 0.29) is 24.7 Å². The van der Waals surface area contributed by atoms with E-state index in [0.29, 0.717) is 0 Å². The van der Waals surface area contributed by atoms with Crippen LogP contribution in [0.4, 0.5) is 0 Å². The number of ketones is 1. The maximum absolute atomic E-state index is 11.2. The highest BCUT2D eigenvalue weighted by Gasteiger charge is 2.18. The monoisotopic (exact) mass is 214 g/mol. The number of carbonyl (C=O) groups excluding carboxylic acids is 2. The zero-order chi connectivity index (χ0) is 11.8. The summed E-state index contributed by atoms with van der Waals surface area (Å²) in [6.07, 6.45) is 0.974. The van der Waals surface area contributed by atoms with Gasteiger partial charge in [0, 0.05) is 6.42 Å². The maximum Gasteiger partial charge on any atom is 0.372 e. The molecular formula is C9H16N3O3+. The molecule has 0 rings (SSSR count). The molecule has 0 saturated heterocycles. The van der Waals surface area contributed by atoms with Crippen LogP contribution in [0.15, 0.2) is 0 Å². The van der Waals surface area contributed by atoms with Gasteiger partial charge in [0.15, 0.2) is 0 Å². The number of carbonyl (C=O) groups is 2. The van der Waals surface area contributed by atoms with Crippen molar-refractivity contribution in [3.8, 4) is 0 Å². The van der Waals surface area contributed by atoms with Gasteiger partial charge in [0.1, 0.15) is 6.04 Å². The molecule has 0 aromatic carbocycles. The van der Waals surface area contributed by atoms with E-state index in [9.17, 15) is 9.59 Å². The second-order valence-electron chi connectivity index (χ2n) is 3.36. The van der Waals surface area contributed by atoms with Gasteiger partial charge in [0.05, 0.1) is 16.4 Å². The molecule has 6 heteroatoms. The van der Waals surface area contributed by atoms with Crippen LogP contribution in [0, 0.1) is 5.53 Å². The molecule has 1 atom stereocenters. The van der Waals surface area contributed by atoms with Crippen molar-refractivity contribution >= 4 is 18.0 Å². The van der Waals surface area contributed by atoms with Crippen molar-refractivity contribution in [3.63, 3.8) is 0 Å². The van der Waals surface area contributed by atoms with E-state index in [2.05, 4.69) is 4.79 Å². The van der Waals surface area contributed by atoms with Gasteiger partial charge in [-0.25, -0.2) is 0 Å². The fourth-order valence-corrected chi connectivity index (χ4v) is 0.872. The molecule has 0 aromatic rings. The van der Waals surface area contributed by atoms with Crippen molar-refractivity contribution < 1.29 is 19.1 Å². The van der Waals surface area contributed by atoms with Crippen molar-refractivity contribution in [3.05, 3.63) is 0 Å². The first kappa shape index (κ1) is 13.5. The molecule has 0 aliphatic carbocycles. The standard InChI is InChI=1S/C9H16N3O3/c1-6(2)15-9(14)8(10)4-3-7(13)5-12-11/h5-6,8,11H,3-4,10H2,1-2H3/q+1. The van der Waals surface area contributed by atoms with Crippen molar-refractivity contribution in [1.29, 1.82) is 5.53 Å². The Balaban J connectivity index is 3.92. The molecule has 0 aromatic heterocycles. The first-order chi connectivity index (χ1) is 6.97. The molecule has 0 amide bonds. The van der Waals surface area contributed by atoms with E-state index >= 15 is 0 Å². The summed E-state index contributed by atoms with van der Waals surface area (Å²) < 4.78 is 4.86. The highest BCUT2D eigenvalue weighted by atomic mass is 16.5.